The number of rotatable bonds is 8. The first kappa shape index (κ1) is 20.7. The van der Waals surface area contributed by atoms with E-state index >= 15 is 0 Å². The second-order valence-electron chi connectivity index (χ2n) is 6.77. The van der Waals surface area contributed by atoms with Gasteiger partial charge < -0.3 is 19.5 Å². The zero-order chi connectivity index (χ0) is 20.6. The summed E-state index contributed by atoms with van der Waals surface area (Å²) in [4.78, 5) is 26.5. The number of benzene rings is 2. The Hall–Kier alpha value is -3.06. The number of hydrogen-bond acceptors (Lipinski definition) is 6. The molecule has 0 fully saturated rings. The molecule has 0 aromatic heterocycles. The Kier molecular flexibility index (Phi) is 7.08. The standard InChI is InChI=1S/C22H26N2O5/c1-27-19-9-5-6-10-20(19)29-12-11-23-21(25)15-24-14-17-8-4-3-7-16(17)13-18(24)22(26)28-2/h3-10,18H,11-15H2,1-2H3,(H,23,25)/t18-/m1/s1. The highest BCUT2D eigenvalue weighted by molar-refractivity contribution is 5.81. The maximum absolute atomic E-state index is 12.4. The molecule has 7 nitrogen and oxygen atoms in total. The zero-order valence-electron chi connectivity index (χ0n) is 16.7. The summed E-state index contributed by atoms with van der Waals surface area (Å²) in [5, 5.41) is 2.84. The molecule has 3 rings (SSSR count). The largest absolute Gasteiger partial charge is 0.493 e. The minimum atomic E-state index is -0.467. The van der Waals surface area contributed by atoms with Gasteiger partial charge in [-0.15, -0.1) is 0 Å². The van der Waals surface area contributed by atoms with E-state index in [1.807, 2.05) is 53.4 Å². The van der Waals surface area contributed by atoms with E-state index < -0.39 is 6.04 Å². The molecular formula is C22H26N2O5. The van der Waals surface area contributed by atoms with Crippen LogP contribution in [0.3, 0.4) is 0 Å². The molecule has 1 heterocycles. The monoisotopic (exact) mass is 398 g/mol. The Balaban J connectivity index is 1.52. The minimum absolute atomic E-state index is 0.114. The van der Waals surface area contributed by atoms with Crippen LogP contribution in [0.25, 0.3) is 0 Å². The fraction of sp³-hybridized carbons (Fsp3) is 0.364. The van der Waals surface area contributed by atoms with Crippen molar-refractivity contribution in [2.75, 3.05) is 33.9 Å². The van der Waals surface area contributed by atoms with Gasteiger partial charge in [-0.2, -0.15) is 0 Å². The Bertz CT molecular complexity index is 855. The molecule has 0 aliphatic carbocycles. The van der Waals surface area contributed by atoms with Gasteiger partial charge in [-0.25, -0.2) is 0 Å². The van der Waals surface area contributed by atoms with Crippen molar-refractivity contribution in [3.8, 4) is 11.5 Å². The lowest BCUT2D eigenvalue weighted by molar-refractivity contribution is -0.148. The molecule has 7 heteroatoms. The quantitative estimate of drug-likeness (QED) is 0.540. The summed E-state index contributed by atoms with van der Waals surface area (Å²) >= 11 is 0. The predicted octanol–water partition coefficient (Wildman–Crippen LogP) is 1.79. The molecule has 2 aromatic rings. The number of methoxy groups -OCH3 is 2. The average molecular weight is 398 g/mol. The number of para-hydroxylation sites is 2. The van der Waals surface area contributed by atoms with E-state index in [1.54, 1.807) is 7.11 Å². The van der Waals surface area contributed by atoms with Crippen LogP contribution in [-0.2, 0) is 27.3 Å². The number of nitrogens with one attached hydrogen (secondary N) is 1. The van der Waals surface area contributed by atoms with E-state index in [2.05, 4.69) is 5.32 Å². The summed E-state index contributed by atoms with van der Waals surface area (Å²) < 4.78 is 15.8. The lowest BCUT2D eigenvalue weighted by atomic mass is 9.94. The molecule has 1 aliphatic heterocycles. The van der Waals surface area contributed by atoms with Crippen molar-refractivity contribution in [2.24, 2.45) is 0 Å². The summed E-state index contributed by atoms with van der Waals surface area (Å²) in [6.45, 7) is 1.31. The molecule has 29 heavy (non-hydrogen) atoms. The maximum atomic E-state index is 12.4. The van der Waals surface area contributed by atoms with Crippen LogP contribution in [0.1, 0.15) is 11.1 Å². The lowest BCUT2D eigenvalue weighted by Gasteiger charge is -2.34. The number of nitrogens with zero attached hydrogens (tertiary/aromatic N) is 1. The number of fused-ring (bicyclic) bond motifs is 1. The second-order valence-corrected chi connectivity index (χ2v) is 6.77. The first-order chi connectivity index (χ1) is 14.1. The van der Waals surface area contributed by atoms with Crippen LogP contribution >= 0.6 is 0 Å². The second kappa shape index (κ2) is 9.93. The van der Waals surface area contributed by atoms with Gasteiger partial charge in [0.2, 0.25) is 5.91 Å². The molecule has 0 spiro atoms. The zero-order valence-corrected chi connectivity index (χ0v) is 16.7. The van der Waals surface area contributed by atoms with Crippen molar-refractivity contribution in [1.29, 1.82) is 0 Å². The van der Waals surface area contributed by atoms with Crippen molar-refractivity contribution >= 4 is 11.9 Å². The van der Waals surface area contributed by atoms with Gasteiger partial charge in [-0.1, -0.05) is 36.4 Å². The van der Waals surface area contributed by atoms with Crippen molar-refractivity contribution in [3.05, 3.63) is 59.7 Å². The molecule has 0 saturated carbocycles. The van der Waals surface area contributed by atoms with Crippen LogP contribution in [0.4, 0.5) is 0 Å². The minimum Gasteiger partial charge on any atom is -0.493 e. The van der Waals surface area contributed by atoms with Gasteiger partial charge in [0.1, 0.15) is 12.6 Å². The van der Waals surface area contributed by atoms with E-state index in [9.17, 15) is 9.59 Å². The summed E-state index contributed by atoms with van der Waals surface area (Å²) in [6.07, 6.45) is 0.535. The highest BCUT2D eigenvalue weighted by Crippen LogP contribution is 2.25. The smallest absolute Gasteiger partial charge is 0.323 e. The Morgan fingerprint density at radius 3 is 2.45 bits per heavy atom. The van der Waals surface area contributed by atoms with Gasteiger partial charge in [0, 0.05) is 6.54 Å². The third-order valence-electron chi connectivity index (χ3n) is 4.92. The molecule has 0 saturated heterocycles. The normalized spacial score (nSPS) is 15.9. The van der Waals surface area contributed by atoms with Gasteiger partial charge in [0.25, 0.3) is 0 Å². The van der Waals surface area contributed by atoms with Crippen molar-refractivity contribution < 1.29 is 23.8 Å². The number of esters is 1. The number of carbonyl (C=O) groups excluding carboxylic acids is 2. The van der Waals surface area contributed by atoms with Crippen LogP contribution in [0, 0.1) is 0 Å². The highest BCUT2D eigenvalue weighted by Gasteiger charge is 2.33. The molecule has 2 aromatic carbocycles. The van der Waals surface area contributed by atoms with E-state index in [0.29, 0.717) is 37.6 Å². The average Bonchev–Trinajstić information content (AvgIpc) is 2.76. The molecule has 1 aliphatic rings. The topological polar surface area (TPSA) is 77.1 Å². The molecule has 1 amide bonds. The van der Waals surface area contributed by atoms with E-state index in [4.69, 9.17) is 14.2 Å². The highest BCUT2D eigenvalue weighted by atomic mass is 16.5. The van der Waals surface area contributed by atoms with Crippen molar-refractivity contribution in [2.45, 2.75) is 19.0 Å². The Morgan fingerprint density at radius 1 is 1.03 bits per heavy atom. The van der Waals surface area contributed by atoms with E-state index in [0.717, 1.165) is 11.1 Å². The fourth-order valence-corrected chi connectivity index (χ4v) is 3.44. The SMILES string of the molecule is COC(=O)[C@H]1Cc2ccccc2CN1CC(=O)NCCOc1ccccc1OC. The molecular weight excluding hydrogens is 372 g/mol. The van der Waals surface area contributed by atoms with Crippen LogP contribution in [0.5, 0.6) is 11.5 Å². The number of ether oxygens (including phenoxy) is 3. The number of carbonyl (C=O) groups is 2. The van der Waals surface area contributed by atoms with Crippen LogP contribution < -0.4 is 14.8 Å². The van der Waals surface area contributed by atoms with Gasteiger partial charge in [0.15, 0.2) is 11.5 Å². The van der Waals surface area contributed by atoms with Crippen LogP contribution in [-0.4, -0.2) is 56.7 Å². The molecule has 0 radical (unpaired) electrons. The Labute approximate surface area is 170 Å². The molecule has 0 bridgehead atoms. The Morgan fingerprint density at radius 2 is 1.72 bits per heavy atom. The van der Waals surface area contributed by atoms with Gasteiger partial charge >= 0.3 is 5.97 Å². The third kappa shape index (κ3) is 5.26. The van der Waals surface area contributed by atoms with Crippen molar-refractivity contribution in [1.82, 2.24) is 10.2 Å². The number of amides is 1. The third-order valence-corrected chi connectivity index (χ3v) is 4.92. The summed E-state index contributed by atoms with van der Waals surface area (Å²) in [5.74, 6) is 0.781. The summed E-state index contributed by atoms with van der Waals surface area (Å²) in [6, 6.07) is 14.8. The van der Waals surface area contributed by atoms with Crippen LogP contribution in [0.2, 0.25) is 0 Å². The predicted molar refractivity (Wildman–Crippen MR) is 108 cm³/mol. The van der Waals surface area contributed by atoms with Gasteiger partial charge in [0.05, 0.1) is 27.3 Å². The van der Waals surface area contributed by atoms with Crippen LogP contribution in [0.15, 0.2) is 48.5 Å². The van der Waals surface area contributed by atoms with E-state index in [1.165, 1.54) is 7.11 Å². The van der Waals surface area contributed by atoms with Gasteiger partial charge in [-0.05, 0) is 29.7 Å². The first-order valence-corrected chi connectivity index (χ1v) is 9.53. The van der Waals surface area contributed by atoms with Crippen molar-refractivity contribution in [3.63, 3.8) is 0 Å². The van der Waals surface area contributed by atoms with Gasteiger partial charge in [-0.3, -0.25) is 14.5 Å². The molecule has 154 valence electrons. The molecule has 0 unspecified atom stereocenters. The number of hydrogen-bond donors (Lipinski definition) is 1. The summed E-state index contributed by atoms with van der Waals surface area (Å²) in [5.41, 5.74) is 2.24. The fourth-order valence-electron chi connectivity index (χ4n) is 3.44. The molecule has 1 N–H and O–H groups in total. The first-order valence-electron chi connectivity index (χ1n) is 9.53. The summed E-state index contributed by atoms with van der Waals surface area (Å²) in [7, 11) is 2.95. The lowest BCUT2D eigenvalue weighted by Crippen LogP contribution is -2.50. The molecule has 1 atom stereocenters. The maximum Gasteiger partial charge on any atom is 0.323 e. The van der Waals surface area contributed by atoms with E-state index in [-0.39, 0.29) is 18.4 Å².